The molecule has 0 atom stereocenters. The highest BCUT2D eigenvalue weighted by atomic mass is 35.5. The summed E-state index contributed by atoms with van der Waals surface area (Å²) in [6.45, 7) is 5.87. The van der Waals surface area contributed by atoms with Crippen LogP contribution in [0.1, 0.15) is 42.3 Å². The van der Waals surface area contributed by atoms with Gasteiger partial charge in [0.1, 0.15) is 16.5 Å². The molecule has 162 valence electrons. The molecule has 1 heterocycles. The quantitative estimate of drug-likeness (QED) is 0.431. The average molecular weight is 458 g/mol. The maximum atomic E-state index is 12.7. The number of esters is 1. The number of hydrogen-bond donors (Lipinski definition) is 1. The summed E-state index contributed by atoms with van der Waals surface area (Å²) in [6, 6.07) is 16.8. The summed E-state index contributed by atoms with van der Waals surface area (Å²) in [4.78, 5) is 25.2. The molecule has 0 radical (unpaired) electrons. The van der Waals surface area contributed by atoms with Crippen molar-refractivity contribution in [2.24, 2.45) is 0 Å². The van der Waals surface area contributed by atoms with Crippen molar-refractivity contribution in [3.8, 4) is 11.5 Å². The number of para-hydroxylation sites is 1. The van der Waals surface area contributed by atoms with E-state index in [-0.39, 0.29) is 17.7 Å². The van der Waals surface area contributed by atoms with Gasteiger partial charge in [-0.15, -0.1) is 11.3 Å². The van der Waals surface area contributed by atoms with Crippen molar-refractivity contribution < 1.29 is 19.1 Å². The Hall–Kier alpha value is -2.83. The number of carbonyl (C=O) groups excluding carboxylic acids is 2. The third kappa shape index (κ3) is 5.66. The second-order valence-corrected chi connectivity index (χ2v) is 9.61. The zero-order valence-electron chi connectivity index (χ0n) is 17.8. The lowest BCUT2D eigenvalue weighted by Crippen LogP contribution is -2.19. The first-order chi connectivity index (χ1) is 14.7. The van der Waals surface area contributed by atoms with Crippen molar-refractivity contribution in [3.05, 3.63) is 75.6 Å². The van der Waals surface area contributed by atoms with Gasteiger partial charge >= 0.3 is 5.97 Å². The van der Waals surface area contributed by atoms with Crippen LogP contribution < -0.4 is 10.1 Å². The van der Waals surface area contributed by atoms with Crippen LogP contribution in [0, 0.1) is 0 Å². The molecule has 0 aliphatic heterocycles. The van der Waals surface area contributed by atoms with Crippen LogP contribution in [0.5, 0.6) is 11.5 Å². The van der Waals surface area contributed by atoms with Crippen LogP contribution in [0.25, 0.3) is 0 Å². The second kappa shape index (κ2) is 9.54. The monoisotopic (exact) mass is 457 g/mol. The molecular formula is C24H24ClNO4S. The highest BCUT2D eigenvalue weighted by molar-refractivity contribution is 7.20. The fourth-order valence-electron chi connectivity index (χ4n) is 3.16. The SMILES string of the molecule is COC(=O)c1c(NC(=O)Cc2cccc(Oc3ccccc3)c2)sc(Cl)c1C(C)(C)C. The summed E-state index contributed by atoms with van der Waals surface area (Å²) >= 11 is 7.58. The zero-order valence-corrected chi connectivity index (χ0v) is 19.4. The predicted molar refractivity (Wildman–Crippen MR) is 125 cm³/mol. The lowest BCUT2D eigenvalue weighted by Gasteiger charge is -2.20. The summed E-state index contributed by atoms with van der Waals surface area (Å²) in [5, 5.41) is 3.22. The molecular weight excluding hydrogens is 434 g/mol. The van der Waals surface area contributed by atoms with E-state index in [1.54, 1.807) is 0 Å². The van der Waals surface area contributed by atoms with Crippen LogP contribution >= 0.6 is 22.9 Å². The van der Waals surface area contributed by atoms with E-state index in [2.05, 4.69) is 5.32 Å². The van der Waals surface area contributed by atoms with Crippen LogP contribution in [0.4, 0.5) is 5.00 Å². The number of anilines is 1. The Kier molecular flexibility index (Phi) is 7.03. The molecule has 0 spiro atoms. The van der Waals surface area contributed by atoms with Crippen molar-refractivity contribution in [3.63, 3.8) is 0 Å². The van der Waals surface area contributed by atoms with Crippen molar-refractivity contribution in [2.75, 3.05) is 12.4 Å². The number of thiophene rings is 1. The summed E-state index contributed by atoms with van der Waals surface area (Å²) in [5.74, 6) is 0.567. The molecule has 3 aromatic rings. The van der Waals surface area contributed by atoms with E-state index < -0.39 is 5.97 Å². The van der Waals surface area contributed by atoms with Gasteiger partial charge in [0.05, 0.1) is 23.4 Å². The number of hydrogen-bond acceptors (Lipinski definition) is 5. The highest BCUT2D eigenvalue weighted by Crippen LogP contribution is 2.43. The van der Waals surface area contributed by atoms with E-state index in [1.165, 1.54) is 7.11 Å². The Balaban J connectivity index is 1.79. The number of rotatable bonds is 6. The van der Waals surface area contributed by atoms with Gasteiger partial charge in [-0.1, -0.05) is 62.7 Å². The molecule has 5 nitrogen and oxygen atoms in total. The van der Waals surface area contributed by atoms with Gasteiger partial charge in [-0.25, -0.2) is 4.79 Å². The van der Waals surface area contributed by atoms with Gasteiger partial charge in [0.25, 0.3) is 0 Å². The molecule has 1 N–H and O–H groups in total. The smallest absolute Gasteiger partial charge is 0.341 e. The van der Waals surface area contributed by atoms with E-state index in [0.717, 1.165) is 22.6 Å². The Morgan fingerprint density at radius 2 is 1.71 bits per heavy atom. The lowest BCUT2D eigenvalue weighted by molar-refractivity contribution is -0.115. The van der Waals surface area contributed by atoms with Crippen LogP contribution in [0.3, 0.4) is 0 Å². The standard InChI is InChI=1S/C24H24ClNO4S/c1-24(2,3)20-19(23(28)29-4)22(31-21(20)25)26-18(27)14-15-9-8-12-17(13-15)30-16-10-6-5-7-11-16/h5-13H,14H2,1-4H3,(H,26,27). The maximum absolute atomic E-state index is 12.7. The Morgan fingerprint density at radius 3 is 2.35 bits per heavy atom. The molecule has 0 saturated heterocycles. The Bertz CT molecular complexity index is 1090. The number of halogens is 1. The maximum Gasteiger partial charge on any atom is 0.341 e. The Labute approximate surface area is 191 Å². The molecule has 3 rings (SSSR count). The highest BCUT2D eigenvalue weighted by Gasteiger charge is 2.31. The number of methoxy groups -OCH3 is 1. The van der Waals surface area contributed by atoms with Crippen molar-refractivity contribution in [1.82, 2.24) is 0 Å². The minimum atomic E-state index is -0.526. The van der Waals surface area contributed by atoms with Crippen LogP contribution in [-0.4, -0.2) is 19.0 Å². The molecule has 7 heteroatoms. The molecule has 1 amide bonds. The van der Waals surface area contributed by atoms with Crippen LogP contribution in [0.2, 0.25) is 4.34 Å². The number of carbonyl (C=O) groups is 2. The zero-order chi connectivity index (χ0) is 22.6. The first-order valence-electron chi connectivity index (χ1n) is 9.72. The molecule has 0 bridgehead atoms. The van der Waals surface area contributed by atoms with E-state index in [4.69, 9.17) is 21.1 Å². The third-order valence-corrected chi connectivity index (χ3v) is 5.81. The van der Waals surface area contributed by atoms with Gasteiger partial charge in [0, 0.05) is 5.56 Å². The van der Waals surface area contributed by atoms with Gasteiger partial charge in [-0.2, -0.15) is 0 Å². The summed E-state index contributed by atoms with van der Waals surface area (Å²) in [6.07, 6.45) is 0.118. The van der Waals surface area contributed by atoms with Crippen molar-refractivity contribution in [2.45, 2.75) is 32.6 Å². The molecule has 0 aliphatic rings. The van der Waals surface area contributed by atoms with Crippen molar-refractivity contribution in [1.29, 1.82) is 0 Å². The van der Waals surface area contributed by atoms with Gasteiger partial charge in [0.15, 0.2) is 0 Å². The predicted octanol–water partition coefficient (Wildman–Crippen LogP) is 6.46. The largest absolute Gasteiger partial charge is 0.465 e. The minimum absolute atomic E-state index is 0.118. The molecule has 0 aliphatic carbocycles. The lowest BCUT2D eigenvalue weighted by atomic mass is 9.86. The van der Waals surface area contributed by atoms with Gasteiger partial charge in [-0.05, 0) is 35.2 Å². The molecule has 0 fully saturated rings. The van der Waals surface area contributed by atoms with E-state index in [9.17, 15) is 9.59 Å². The molecule has 1 aromatic heterocycles. The third-order valence-electron chi connectivity index (χ3n) is 4.50. The number of ether oxygens (including phenoxy) is 2. The number of benzene rings is 2. The van der Waals surface area contributed by atoms with Crippen LogP contribution in [-0.2, 0) is 21.4 Å². The van der Waals surface area contributed by atoms with E-state index >= 15 is 0 Å². The van der Waals surface area contributed by atoms with E-state index in [0.29, 0.717) is 26.2 Å². The molecule has 0 unspecified atom stereocenters. The van der Waals surface area contributed by atoms with Gasteiger partial charge < -0.3 is 14.8 Å². The van der Waals surface area contributed by atoms with E-state index in [1.807, 2.05) is 75.4 Å². The fourth-order valence-corrected chi connectivity index (χ4v) is 4.91. The van der Waals surface area contributed by atoms with Crippen molar-refractivity contribution >= 4 is 39.8 Å². The molecule has 0 saturated carbocycles. The summed E-state index contributed by atoms with van der Waals surface area (Å²) in [5.41, 5.74) is 1.37. The van der Waals surface area contributed by atoms with Gasteiger partial charge in [0.2, 0.25) is 5.91 Å². The van der Waals surface area contributed by atoms with Crippen LogP contribution in [0.15, 0.2) is 54.6 Å². The molecule has 31 heavy (non-hydrogen) atoms. The second-order valence-electron chi connectivity index (χ2n) is 7.98. The number of nitrogens with one attached hydrogen (secondary N) is 1. The number of amides is 1. The minimum Gasteiger partial charge on any atom is -0.465 e. The average Bonchev–Trinajstić information content (AvgIpc) is 3.04. The van der Waals surface area contributed by atoms with Gasteiger partial charge in [-0.3, -0.25) is 4.79 Å². The fraction of sp³-hybridized carbons (Fsp3) is 0.250. The first-order valence-corrected chi connectivity index (χ1v) is 10.9. The Morgan fingerprint density at radius 1 is 1.03 bits per heavy atom. The molecule has 2 aromatic carbocycles. The summed E-state index contributed by atoms with van der Waals surface area (Å²) in [7, 11) is 1.31. The normalized spacial score (nSPS) is 11.1. The summed E-state index contributed by atoms with van der Waals surface area (Å²) < 4.78 is 11.2. The first kappa shape index (κ1) is 22.8. The topological polar surface area (TPSA) is 64.6 Å².